The molecule has 6 heteroatoms. The molecule has 0 amide bonds. The molecule has 0 atom stereocenters. The molecule has 2 N–H and O–H groups in total. The van der Waals surface area contributed by atoms with E-state index in [1.807, 2.05) is 11.8 Å². The molecular weight excluding hydrogens is 208 g/mol. The molecule has 0 radical (unpaired) electrons. The van der Waals surface area contributed by atoms with E-state index < -0.39 is 0 Å². The highest BCUT2D eigenvalue weighted by atomic mass is 16.5. The molecule has 0 saturated carbocycles. The maximum atomic E-state index is 11.2. The van der Waals surface area contributed by atoms with Gasteiger partial charge in [-0.05, 0) is 12.5 Å². The van der Waals surface area contributed by atoms with Crippen LogP contribution in [0.25, 0.3) is 0 Å². The van der Waals surface area contributed by atoms with E-state index in [9.17, 15) is 4.79 Å². The Bertz CT molecular complexity index is 356. The predicted molar refractivity (Wildman–Crippen MR) is 61.0 cm³/mol. The molecule has 0 aromatic carbocycles. The van der Waals surface area contributed by atoms with E-state index in [1.54, 1.807) is 12.3 Å². The first kappa shape index (κ1) is 12.2. The van der Waals surface area contributed by atoms with E-state index in [0.29, 0.717) is 12.4 Å². The zero-order chi connectivity index (χ0) is 12.0. The van der Waals surface area contributed by atoms with Crippen LogP contribution in [0.2, 0.25) is 0 Å². The van der Waals surface area contributed by atoms with Crippen LogP contribution in [0, 0.1) is 0 Å². The third kappa shape index (κ3) is 3.38. The molecule has 1 aromatic heterocycles. The highest BCUT2D eigenvalue weighted by Gasteiger charge is 2.12. The maximum absolute atomic E-state index is 11.2. The van der Waals surface area contributed by atoms with Gasteiger partial charge >= 0.3 is 5.97 Å². The van der Waals surface area contributed by atoms with Gasteiger partial charge in [0.2, 0.25) is 5.95 Å². The van der Waals surface area contributed by atoms with Crippen LogP contribution in [0.15, 0.2) is 12.3 Å². The van der Waals surface area contributed by atoms with Crippen LogP contribution in [-0.4, -0.2) is 36.1 Å². The number of nitrogen functional groups attached to an aromatic ring is 1. The molecule has 0 aliphatic rings. The largest absolute Gasteiger partial charge is 0.468 e. The number of ether oxygens (including phenoxy) is 1. The number of methoxy groups -OCH3 is 1. The quantitative estimate of drug-likeness (QED) is 0.731. The number of carbonyl (C=O) groups is 1. The molecule has 0 bridgehead atoms. The number of anilines is 2. The maximum Gasteiger partial charge on any atom is 0.325 e. The molecule has 1 heterocycles. The highest BCUT2D eigenvalue weighted by Crippen LogP contribution is 2.11. The Morgan fingerprint density at radius 3 is 2.94 bits per heavy atom. The number of esters is 1. The van der Waals surface area contributed by atoms with Gasteiger partial charge in [0.05, 0.1) is 7.11 Å². The first-order valence-corrected chi connectivity index (χ1v) is 5.07. The smallest absolute Gasteiger partial charge is 0.325 e. The minimum absolute atomic E-state index is 0.167. The Hall–Kier alpha value is -1.85. The van der Waals surface area contributed by atoms with Gasteiger partial charge in [0.25, 0.3) is 0 Å². The molecule has 6 nitrogen and oxygen atoms in total. The van der Waals surface area contributed by atoms with E-state index in [2.05, 4.69) is 14.7 Å². The first-order chi connectivity index (χ1) is 7.67. The van der Waals surface area contributed by atoms with Gasteiger partial charge in [-0.2, -0.15) is 4.98 Å². The van der Waals surface area contributed by atoms with Crippen molar-refractivity contribution >= 4 is 17.7 Å². The Balaban J connectivity index is 2.80. The van der Waals surface area contributed by atoms with Gasteiger partial charge < -0.3 is 15.4 Å². The van der Waals surface area contributed by atoms with Gasteiger partial charge in [0.15, 0.2) is 0 Å². The van der Waals surface area contributed by atoms with Crippen molar-refractivity contribution in [3.63, 3.8) is 0 Å². The van der Waals surface area contributed by atoms with Crippen molar-refractivity contribution in [3.8, 4) is 0 Å². The van der Waals surface area contributed by atoms with Crippen molar-refractivity contribution < 1.29 is 9.53 Å². The topological polar surface area (TPSA) is 81.3 Å². The lowest BCUT2D eigenvalue weighted by Gasteiger charge is -2.21. The van der Waals surface area contributed by atoms with Gasteiger partial charge in [0, 0.05) is 12.7 Å². The van der Waals surface area contributed by atoms with Crippen molar-refractivity contribution in [2.24, 2.45) is 0 Å². The van der Waals surface area contributed by atoms with Gasteiger partial charge in [-0.15, -0.1) is 0 Å². The molecule has 16 heavy (non-hydrogen) atoms. The zero-order valence-corrected chi connectivity index (χ0v) is 9.51. The first-order valence-electron chi connectivity index (χ1n) is 5.07. The van der Waals surface area contributed by atoms with E-state index in [-0.39, 0.29) is 18.5 Å². The van der Waals surface area contributed by atoms with Crippen LogP contribution in [0.4, 0.5) is 11.8 Å². The third-order valence-electron chi connectivity index (χ3n) is 2.02. The summed E-state index contributed by atoms with van der Waals surface area (Å²) in [7, 11) is 1.36. The van der Waals surface area contributed by atoms with Crippen LogP contribution in [0.1, 0.15) is 13.3 Å². The van der Waals surface area contributed by atoms with E-state index in [1.165, 1.54) is 7.11 Å². The number of carbonyl (C=O) groups excluding carboxylic acids is 1. The average Bonchev–Trinajstić information content (AvgIpc) is 2.28. The molecule has 0 fully saturated rings. The second-order valence-electron chi connectivity index (χ2n) is 3.27. The van der Waals surface area contributed by atoms with Gasteiger partial charge in [-0.3, -0.25) is 4.79 Å². The molecule has 0 aliphatic carbocycles. The molecule has 1 aromatic rings. The summed E-state index contributed by atoms with van der Waals surface area (Å²) in [6.45, 7) is 2.90. The Kier molecular flexibility index (Phi) is 4.50. The fourth-order valence-corrected chi connectivity index (χ4v) is 1.30. The summed E-state index contributed by atoms with van der Waals surface area (Å²) in [5.41, 5.74) is 5.49. The lowest BCUT2D eigenvalue weighted by Crippen LogP contribution is -2.32. The SMILES string of the molecule is CCCN(CC(=O)OC)c1ccnc(N)n1. The van der Waals surface area contributed by atoms with Gasteiger partial charge in [-0.1, -0.05) is 6.92 Å². The number of nitrogens with zero attached hydrogens (tertiary/aromatic N) is 3. The minimum atomic E-state index is -0.300. The average molecular weight is 224 g/mol. The van der Waals surface area contributed by atoms with Crippen LogP contribution in [0.3, 0.4) is 0 Å². The number of aromatic nitrogens is 2. The van der Waals surface area contributed by atoms with E-state index in [0.717, 1.165) is 6.42 Å². The lowest BCUT2D eigenvalue weighted by molar-refractivity contribution is -0.138. The summed E-state index contributed by atoms with van der Waals surface area (Å²) in [5.74, 6) is 0.536. The van der Waals surface area contributed by atoms with Crippen molar-refractivity contribution in [2.75, 3.05) is 30.8 Å². The van der Waals surface area contributed by atoms with Crippen molar-refractivity contribution in [1.82, 2.24) is 9.97 Å². The summed E-state index contributed by atoms with van der Waals surface area (Å²) in [6.07, 6.45) is 2.47. The van der Waals surface area contributed by atoms with Crippen LogP contribution >= 0.6 is 0 Å². The number of nitrogens with two attached hydrogens (primary N) is 1. The number of hydrogen-bond donors (Lipinski definition) is 1. The Morgan fingerprint density at radius 1 is 1.62 bits per heavy atom. The Morgan fingerprint density at radius 2 is 2.38 bits per heavy atom. The molecule has 88 valence electrons. The fourth-order valence-electron chi connectivity index (χ4n) is 1.30. The standard InChI is InChI=1S/C10H16N4O2/c1-3-6-14(7-9(15)16-2)8-4-5-12-10(11)13-8/h4-5H,3,6-7H2,1-2H3,(H2,11,12,13). The molecular formula is C10H16N4O2. The number of rotatable bonds is 5. The fraction of sp³-hybridized carbons (Fsp3) is 0.500. The van der Waals surface area contributed by atoms with E-state index >= 15 is 0 Å². The Labute approximate surface area is 94.4 Å². The number of hydrogen-bond acceptors (Lipinski definition) is 6. The summed E-state index contributed by atoms with van der Waals surface area (Å²) in [5, 5.41) is 0. The summed E-state index contributed by atoms with van der Waals surface area (Å²) in [6, 6.07) is 1.72. The van der Waals surface area contributed by atoms with Crippen LogP contribution < -0.4 is 10.6 Å². The van der Waals surface area contributed by atoms with Crippen molar-refractivity contribution in [1.29, 1.82) is 0 Å². The predicted octanol–water partition coefficient (Wildman–Crippen LogP) is 0.448. The molecule has 0 saturated heterocycles. The molecule has 1 rings (SSSR count). The minimum Gasteiger partial charge on any atom is -0.468 e. The van der Waals surface area contributed by atoms with Gasteiger partial charge in [0.1, 0.15) is 12.4 Å². The molecule has 0 aliphatic heterocycles. The molecule has 0 spiro atoms. The summed E-state index contributed by atoms with van der Waals surface area (Å²) < 4.78 is 4.62. The monoisotopic (exact) mass is 224 g/mol. The molecule has 0 unspecified atom stereocenters. The van der Waals surface area contributed by atoms with Gasteiger partial charge in [-0.25, -0.2) is 4.98 Å². The highest BCUT2D eigenvalue weighted by molar-refractivity contribution is 5.75. The third-order valence-corrected chi connectivity index (χ3v) is 2.02. The van der Waals surface area contributed by atoms with Crippen molar-refractivity contribution in [3.05, 3.63) is 12.3 Å². The zero-order valence-electron chi connectivity index (χ0n) is 9.51. The van der Waals surface area contributed by atoms with Crippen LogP contribution in [-0.2, 0) is 9.53 Å². The second-order valence-corrected chi connectivity index (χ2v) is 3.27. The van der Waals surface area contributed by atoms with E-state index in [4.69, 9.17) is 5.73 Å². The summed E-state index contributed by atoms with van der Waals surface area (Å²) >= 11 is 0. The normalized spacial score (nSPS) is 9.88. The second kappa shape index (κ2) is 5.89. The lowest BCUT2D eigenvalue weighted by atomic mass is 10.4. The summed E-state index contributed by atoms with van der Waals surface area (Å²) in [4.78, 5) is 20.9. The van der Waals surface area contributed by atoms with Crippen molar-refractivity contribution in [2.45, 2.75) is 13.3 Å². The van der Waals surface area contributed by atoms with Crippen LogP contribution in [0.5, 0.6) is 0 Å².